The third-order valence-electron chi connectivity index (χ3n) is 4.91. The molecular weight excluding hydrogens is 403 g/mol. The fourth-order valence-corrected chi connectivity index (χ4v) is 3.60. The van der Waals surface area contributed by atoms with E-state index in [-0.39, 0.29) is 36.7 Å². The number of ether oxygens (including phenoxy) is 1. The predicted octanol–water partition coefficient (Wildman–Crippen LogP) is 3.19. The van der Waals surface area contributed by atoms with E-state index in [4.69, 9.17) is 27.9 Å². The average molecular weight is 429 g/mol. The second kappa shape index (κ2) is 10.7. The SMILES string of the molecule is CCOC(=O)C1CCN(C(=O)CN(C)C(=O)CCc2cccc(Cl)c2Cl)CC1. The Labute approximate surface area is 175 Å². The fraction of sp³-hybridized carbons (Fsp3) is 0.550. The van der Waals surface area contributed by atoms with Crippen LogP contribution in [-0.4, -0.2) is 60.9 Å². The van der Waals surface area contributed by atoms with Crippen LogP contribution in [-0.2, 0) is 25.5 Å². The summed E-state index contributed by atoms with van der Waals surface area (Å²) in [6.45, 7) is 3.17. The van der Waals surface area contributed by atoms with Crippen LogP contribution in [0.25, 0.3) is 0 Å². The molecular formula is C20H26Cl2N2O4. The van der Waals surface area contributed by atoms with Crippen molar-refractivity contribution in [2.45, 2.75) is 32.6 Å². The van der Waals surface area contributed by atoms with E-state index in [1.807, 2.05) is 6.07 Å². The largest absolute Gasteiger partial charge is 0.466 e. The number of benzene rings is 1. The Bertz CT molecular complexity index is 718. The minimum Gasteiger partial charge on any atom is -0.466 e. The van der Waals surface area contributed by atoms with Crippen LogP contribution in [0.3, 0.4) is 0 Å². The maximum absolute atomic E-state index is 12.5. The normalized spacial score (nSPS) is 14.6. The molecule has 0 atom stereocenters. The summed E-state index contributed by atoms with van der Waals surface area (Å²) in [6, 6.07) is 5.33. The van der Waals surface area contributed by atoms with Gasteiger partial charge in [-0.1, -0.05) is 35.3 Å². The fourth-order valence-electron chi connectivity index (χ4n) is 3.19. The lowest BCUT2D eigenvalue weighted by Gasteiger charge is -2.32. The van der Waals surface area contributed by atoms with E-state index in [9.17, 15) is 14.4 Å². The van der Waals surface area contributed by atoms with E-state index < -0.39 is 0 Å². The van der Waals surface area contributed by atoms with Gasteiger partial charge in [-0.3, -0.25) is 14.4 Å². The molecule has 1 aromatic rings. The quantitative estimate of drug-likeness (QED) is 0.625. The number of piperidine rings is 1. The topological polar surface area (TPSA) is 66.9 Å². The summed E-state index contributed by atoms with van der Waals surface area (Å²) in [4.78, 5) is 39.7. The number of amides is 2. The Morgan fingerprint density at radius 1 is 1.21 bits per heavy atom. The molecule has 0 saturated carbocycles. The second-order valence-electron chi connectivity index (χ2n) is 6.87. The number of hydrogen-bond donors (Lipinski definition) is 0. The first-order valence-corrected chi connectivity index (χ1v) is 10.2. The molecule has 0 bridgehead atoms. The van der Waals surface area contributed by atoms with E-state index in [1.165, 1.54) is 4.90 Å². The molecule has 1 saturated heterocycles. The number of likely N-dealkylation sites (N-methyl/N-ethyl adjacent to an activating group) is 1. The Morgan fingerprint density at radius 3 is 2.54 bits per heavy atom. The molecule has 1 fully saturated rings. The van der Waals surface area contributed by atoms with Gasteiger partial charge in [0.05, 0.1) is 29.1 Å². The van der Waals surface area contributed by atoms with Crippen LogP contribution in [0, 0.1) is 5.92 Å². The molecule has 0 aromatic heterocycles. The molecule has 0 N–H and O–H groups in total. The molecule has 28 heavy (non-hydrogen) atoms. The van der Waals surface area contributed by atoms with Crippen molar-refractivity contribution in [3.05, 3.63) is 33.8 Å². The summed E-state index contributed by atoms with van der Waals surface area (Å²) in [7, 11) is 1.62. The van der Waals surface area contributed by atoms with Gasteiger partial charge in [0.1, 0.15) is 0 Å². The van der Waals surface area contributed by atoms with Gasteiger partial charge in [-0.05, 0) is 37.8 Å². The molecule has 1 aliphatic rings. The van der Waals surface area contributed by atoms with Crippen LogP contribution in [0.15, 0.2) is 18.2 Å². The minimum absolute atomic E-state index is 0.0200. The first-order chi connectivity index (χ1) is 13.3. The zero-order valence-electron chi connectivity index (χ0n) is 16.2. The highest BCUT2D eigenvalue weighted by Crippen LogP contribution is 2.26. The number of rotatable bonds is 7. The first-order valence-electron chi connectivity index (χ1n) is 9.44. The number of halogens is 2. The van der Waals surface area contributed by atoms with Crippen molar-refractivity contribution in [1.82, 2.24) is 9.80 Å². The highest BCUT2D eigenvalue weighted by atomic mass is 35.5. The first kappa shape index (κ1) is 22.5. The summed E-state index contributed by atoms with van der Waals surface area (Å²) in [5.74, 6) is -0.586. The van der Waals surface area contributed by atoms with Crippen LogP contribution in [0.5, 0.6) is 0 Å². The number of likely N-dealkylation sites (tertiary alicyclic amines) is 1. The number of carbonyl (C=O) groups excluding carboxylic acids is 3. The standard InChI is InChI=1S/C20H26Cl2N2O4/c1-3-28-20(27)15-9-11-24(12-10-15)18(26)13-23(2)17(25)8-7-14-5-4-6-16(21)19(14)22/h4-6,15H,3,7-13H2,1-2H3. The highest BCUT2D eigenvalue weighted by molar-refractivity contribution is 6.42. The summed E-state index contributed by atoms with van der Waals surface area (Å²) in [6.07, 6.45) is 1.89. The molecule has 6 nitrogen and oxygen atoms in total. The predicted molar refractivity (Wildman–Crippen MR) is 108 cm³/mol. The minimum atomic E-state index is -0.193. The van der Waals surface area contributed by atoms with Crippen molar-refractivity contribution in [2.75, 3.05) is 33.3 Å². The number of hydrogen-bond acceptors (Lipinski definition) is 4. The van der Waals surface area contributed by atoms with Crippen molar-refractivity contribution in [3.8, 4) is 0 Å². The van der Waals surface area contributed by atoms with Gasteiger partial charge in [0.15, 0.2) is 0 Å². The molecule has 1 heterocycles. The monoisotopic (exact) mass is 428 g/mol. The molecule has 0 spiro atoms. The van der Waals surface area contributed by atoms with Gasteiger partial charge in [0.25, 0.3) is 0 Å². The zero-order chi connectivity index (χ0) is 20.7. The molecule has 2 amide bonds. The van der Waals surface area contributed by atoms with Crippen LogP contribution in [0.2, 0.25) is 10.0 Å². The molecule has 0 unspecified atom stereocenters. The van der Waals surface area contributed by atoms with E-state index in [1.54, 1.807) is 31.0 Å². The van der Waals surface area contributed by atoms with Gasteiger partial charge in [-0.15, -0.1) is 0 Å². The Hall–Kier alpha value is -1.79. The van der Waals surface area contributed by atoms with Gasteiger partial charge in [0, 0.05) is 26.6 Å². The molecule has 0 radical (unpaired) electrons. The Morgan fingerprint density at radius 2 is 1.89 bits per heavy atom. The van der Waals surface area contributed by atoms with Gasteiger partial charge in [-0.2, -0.15) is 0 Å². The highest BCUT2D eigenvalue weighted by Gasteiger charge is 2.28. The summed E-state index contributed by atoms with van der Waals surface area (Å²) in [5.41, 5.74) is 0.809. The molecule has 0 aliphatic carbocycles. The third kappa shape index (κ3) is 6.11. The number of esters is 1. The van der Waals surface area contributed by atoms with Crippen LogP contribution < -0.4 is 0 Å². The van der Waals surface area contributed by atoms with E-state index in [0.29, 0.717) is 49.0 Å². The van der Waals surface area contributed by atoms with Gasteiger partial charge < -0.3 is 14.5 Å². The number of nitrogens with zero attached hydrogens (tertiary/aromatic N) is 2. The smallest absolute Gasteiger partial charge is 0.309 e. The number of aryl methyl sites for hydroxylation is 1. The Balaban J connectivity index is 1.78. The molecule has 2 rings (SSSR count). The van der Waals surface area contributed by atoms with Gasteiger partial charge in [-0.25, -0.2) is 0 Å². The number of carbonyl (C=O) groups is 3. The van der Waals surface area contributed by atoms with Crippen molar-refractivity contribution in [1.29, 1.82) is 0 Å². The third-order valence-corrected chi connectivity index (χ3v) is 5.76. The second-order valence-corrected chi connectivity index (χ2v) is 7.66. The Kier molecular flexibility index (Phi) is 8.58. The van der Waals surface area contributed by atoms with Gasteiger partial charge in [0.2, 0.25) is 11.8 Å². The summed E-state index contributed by atoms with van der Waals surface area (Å²) >= 11 is 12.1. The summed E-state index contributed by atoms with van der Waals surface area (Å²) < 4.78 is 5.04. The van der Waals surface area contributed by atoms with E-state index >= 15 is 0 Å². The van der Waals surface area contributed by atoms with Crippen LogP contribution >= 0.6 is 23.2 Å². The lowest BCUT2D eigenvalue weighted by Crippen LogP contribution is -2.45. The lowest BCUT2D eigenvalue weighted by atomic mass is 9.97. The van der Waals surface area contributed by atoms with E-state index in [2.05, 4.69) is 0 Å². The van der Waals surface area contributed by atoms with Gasteiger partial charge >= 0.3 is 5.97 Å². The summed E-state index contributed by atoms with van der Waals surface area (Å²) in [5, 5.41) is 0.918. The molecule has 1 aromatic carbocycles. The molecule has 154 valence electrons. The van der Waals surface area contributed by atoms with Crippen molar-refractivity contribution < 1.29 is 19.1 Å². The van der Waals surface area contributed by atoms with Crippen LogP contribution in [0.1, 0.15) is 31.7 Å². The van der Waals surface area contributed by atoms with Crippen molar-refractivity contribution in [2.24, 2.45) is 5.92 Å². The van der Waals surface area contributed by atoms with Crippen molar-refractivity contribution >= 4 is 41.0 Å². The molecule has 8 heteroatoms. The average Bonchev–Trinajstić information content (AvgIpc) is 2.69. The lowest BCUT2D eigenvalue weighted by molar-refractivity contribution is -0.151. The molecule has 1 aliphatic heterocycles. The maximum Gasteiger partial charge on any atom is 0.309 e. The van der Waals surface area contributed by atoms with Crippen molar-refractivity contribution in [3.63, 3.8) is 0 Å². The van der Waals surface area contributed by atoms with E-state index in [0.717, 1.165) is 5.56 Å². The maximum atomic E-state index is 12.5. The van der Waals surface area contributed by atoms with Crippen LogP contribution in [0.4, 0.5) is 0 Å². The zero-order valence-corrected chi connectivity index (χ0v) is 17.8.